The van der Waals surface area contributed by atoms with Crippen molar-refractivity contribution in [2.45, 2.75) is 0 Å². The molecule has 2 aromatic carbocycles. The average Bonchev–Trinajstić information content (AvgIpc) is 2.39. The average molecular weight is 245 g/mol. The summed E-state index contributed by atoms with van der Waals surface area (Å²) in [5.74, 6) is -1.24. The molecule has 18 heavy (non-hydrogen) atoms. The lowest BCUT2D eigenvalue weighted by molar-refractivity contribution is 0.0697. The van der Waals surface area contributed by atoms with Crippen molar-refractivity contribution in [1.82, 2.24) is 0 Å². The van der Waals surface area contributed by atoms with Gasteiger partial charge in [0.05, 0.1) is 5.56 Å². The Morgan fingerprint density at radius 3 is 1.89 bits per heavy atom. The second-order valence-electron chi connectivity index (χ2n) is 3.89. The monoisotopic (exact) mass is 245 g/mol. The quantitative estimate of drug-likeness (QED) is 0.902. The molecule has 0 heterocycles. The van der Waals surface area contributed by atoms with Gasteiger partial charge in [-0.1, -0.05) is 0 Å². The third-order valence-corrected chi connectivity index (χ3v) is 2.72. The van der Waals surface area contributed by atoms with Crippen molar-refractivity contribution in [3.8, 4) is 0 Å². The second-order valence-corrected chi connectivity index (χ2v) is 3.89. The maximum absolute atomic E-state index is 12.8. The van der Waals surface area contributed by atoms with Gasteiger partial charge in [-0.3, -0.25) is 0 Å². The van der Waals surface area contributed by atoms with Gasteiger partial charge in [-0.2, -0.15) is 0 Å². The molecule has 2 rings (SSSR count). The van der Waals surface area contributed by atoms with Crippen molar-refractivity contribution in [2.24, 2.45) is 0 Å². The number of nitrogens with zero attached hydrogens (tertiary/aromatic N) is 1. The molecule has 0 radical (unpaired) electrons. The molecule has 2 aromatic rings. The van der Waals surface area contributed by atoms with Crippen molar-refractivity contribution in [2.75, 3.05) is 11.9 Å². The highest BCUT2D eigenvalue weighted by atomic mass is 19.1. The van der Waals surface area contributed by atoms with Crippen LogP contribution in [0.1, 0.15) is 10.4 Å². The lowest BCUT2D eigenvalue weighted by Crippen LogP contribution is -2.09. The van der Waals surface area contributed by atoms with Crippen LogP contribution in [0, 0.1) is 5.82 Å². The molecule has 0 bridgehead atoms. The minimum atomic E-state index is -0.953. The first-order chi connectivity index (χ1) is 8.58. The Hall–Kier alpha value is -2.36. The van der Waals surface area contributed by atoms with Crippen LogP contribution >= 0.6 is 0 Å². The molecule has 92 valence electrons. The van der Waals surface area contributed by atoms with Gasteiger partial charge in [-0.25, -0.2) is 9.18 Å². The summed E-state index contributed by atoms with van der Waals surface area (Å²) < 4.78 is 12.8. The van der Waals surface area contributed by atoms with Crippen LogP contribution in [0.15, 0.2) is 48.5 Å². The summed E-state index contributed by atoms with van der Waals surface area (Å²) in [6.07, 6.45) is 0. The van der Waals surface area contributed by atoms with E-state index in [2.05, 4.69) is 0 Å². The predicted octanol–water partition coefficient (Wildman–Crippen LogP) is 3.29. The summed E-state index contributed by atoms with van der Waals surface area (Å²) in [5, 5.41) is 8.81. The zero-order chi connectivity index (χ0) is 13.1. The lowest BCUT2D eigenvalue weighted by Gasteiger charge is -2.19. The molecule has 0 atom stereocenters. The SMILES string of the molecule is CN(c1ccc(F)cc1)c1ccc(C(=O)O)cc1. The van der Waals surface area contributed by atoms with E-state index in [0.717, 1.165) is 11.4 Å². The van der Waals surface area contributed by atoms with E-state index >= 15 is 0 Å². The fourth-order valence-electron chi connectivity index (χ4n) is 1.64. The molecule has 0 aliphatic rings. The van der Waals surface area contributed by atoms with Gasteiger partial charge in [0.15, 0.2) is 0 Å². The molecule has 1 N–H and O–H groups in total. The Balaban J connectivity index is 2.25. The summed E-state index contributed by atoms with van der Waals surface area (Å²) in [5.41, 5.74) is 1.91. The summed E-state index contributed by atoms with van der Waals surface area (Å²) in [4.78, 5) is 12.6. The fourth-order valence-corrected chi connectivity index (χ4v) is 1.64. The second kappa shape index (κ2) is 4.87. The first-order valence-electron chi connectivity index (χ1n) is 5.40. The molecule has 0 aromatic heterocycles. The maximum atomic E-state index is 12.8. The van der Waals surface area contributed by atoms with E-state index in [0.29, 0.717) is 0 Å². The minimum Gasteiger partial charge on any atom is -0.478 e. The van der Waals surface area contributed by atoms with Crippen molar-refractivity contribution >= 4 is 17.3 Å². The van der Waals surface area contributed by atoms with E-state index < -0.39 is 5.97 Å². The maximum Gasteiger partial charge on any atom is 0.335 e. The third kappa shape index (κ3) is 2.48. The molecule has 0 fully saturated rings. The van der Waals surface area contributed by atoms with E-state index in [1.54, 1.807) is 24.3 Å². The van der Waals surface area contributed by atoms with Crippen LogP contribution in [0.25, 0.3) is 0 Å². The third-order valence-electron chi connectivity index (χ3n) is 2.72. The van der Waals surface area contributed by atoms with Gasteiger partial charge in [0, 0.05) is 18.4 Å². The molecule has 0 aliphatic carbocycles. The minimum absolute atomic E-state index is 0.242. The van der Waals surface area contributed by atoms with Gasteiger partial charge < -0.3 is 10.0 Å². The Kier molecular flexibility index (Phi) is 3.28. The normalized spacial score (nSPS) is 10.1. The number of carbonyl (C=O) groups is 1. The topological polar surface area (TPSA) is 40.5 Å². The number of benzene rings is 2. The van der Waals surface area contributed by atoms with Crippen LogP contribution < -0.4 is 4.90 Å². The molecular weight excluding hydrogens is 233 g/mol. The van der Waals surface area contributed by atoms with Crippen molar-refractivity contribution in [3.05, 3.63) is 59.9 Å². The van der Waals surface area contributed by atoms with Gasteiger partial charge in [0.2, 0.25) is 0 Å². The zero-order valence-electron chi connectivity index (χ0n) is 9.80. The van der Waals surface area contributed by atoms with E-state index in [-0.39, 0.29) is 11.4 Å². The van der Waals surface area contributed by atoms with Crippen LogP contribution in [0.5, 0.6) is 0 Å². The number of carboxylic acid groups (broad SMARTS) is 1. The number of hydrogen-bond donors (Lipinski definition) is 1. The number of halogens is 1. The van der Waals surface area contributed by atoms with Crippen LogP contribution in [-0.4, -0.2) is 18.1 Å². The summed E-state index contributed by atoms with van der Waals surface area (Å²) in [6.45, 7) is 0. The van der Waals surface area contributed by atoms with E-state index in [9.17, 15) is 9.18 Å². The fraction of sp³-hybridized carbons (Fsp3) is 0.0714. The first-order valence-corrected chi connectivity index (χ1v) is 5.40. The van der Waals surface area contributed by atoms with Gasteiger partial charge in [-0.05, 0) is 48.5 Å². The Labute approximate surface area is 104 Å². The van der Waals surface area contributed by atoms with Crippen LogP contribution in [0.3, 0.4) is 0 Å². The number of anilines is 2. The Bertz CT molecular complexity index is 549. The summed E-state index contributed by atoms with van der Waals surface area (Å²) >= 11 is 0. The first kappa shape index (κ1) is 12.1. The van der Waals surface area contributed by atoms with Crippen LogP contribution in [0.2, 0.25) is 0 Å². The van der Waals surface area contributed by atoms with Crippen LogP contribution in [-0.2, 0) is 0 Å². The van der Waals surface area contributed by atoms with Crippen molar-refractivity contribution < 1.29 is 14.3 Å². The molecule has 0 saturated carbocycles. The molecule has 0 spiro atoms. The highest BCUT2D eigenvalue weighted by molar-refractivity contribution is 5.88. The Morgan fingerprint density at radius 2 is 1.44 bits per heavy atom. The van der Waals surface area contributed by atoms with Gasteiger partial charge in [0.1, 0.15) is 5.82 Å². The van der Waals surface area contributed by atoms with Gasteiger partial charge in [-0.15, -0.1) is 0 Å². The Morgan fingerprint density at radius 1 is 1.00 bits per heavy atom. The molecule has 0 aliphatic heterocycles. The van der Waals surface area contributed by atoms with Gasteiger partial charge >= 0.3 is 5.97 Å². The molecule has 4 heteroatoms. The highest BCUT2D eigenvalue weighted by Crippen LogP contribution is 2.23. The zero-order valence-corrected chi connectivity index (χ0v) is 9.80. The van der Waals surface area contributed by atoms with Crippen LogP contribution in [0.4, 0.5) is 15.8 Å². The standard InChI is InChI=1S/C14H12FNO2/c1-16(13-8-4-11(15)5-9-13)12-6-2-10(3-7-12)14(17)18/h2-9H,1H3,(H,17,18). The molecule has 0 amide bonds. The lowest BCUT2D eigenvalue weighted by atomic mass is 10.2. The van der Waals surface area contributed by atoms with Crippen molar-refractivity contribution in [1.29, 1.82) is 0 Å². The predicted molar refractivity (Wildman–Crippen MR) is 67.9 cm³/mol. The molecule has 0 unspecified atom stereocenters. The number of aromatic carboxylic acids is 1. The van der Waals surface area contributed by atoms with E-state index in [4.69, 9.17) is 5.11 Å². The number of hydrogen-bond acceptors (Lipinski definition) is 2. The van der Waals surface area contributed by atoms with E-state index in [1.807, 2.05) is 11.9 Å². The molecule has 0 saturated heterocycles. The molecular formula is C14H12FNO2. The van der Waals surface area contributed by atoms with Gasteiger partial charge in [0.25, 0.3) is 0 Å². The summed E-state index contributed by atoms with van der Waals surface area (Å²) in [6, 6.07) is 12.6. The number of rotatable bonds is 3. The van der Waals surface area contributed by atoms with Crippen molar-refractivity contribution in [3.63, 3.8) is 0 Å². The van der Waals surface area contributed by atoms with E-state index in [1.165, 1.54) is 24.3 Å². The highest BCUT2D eigenvalue weighted by Gasteiger charge is 2.06. The largest absolute Gasteiger partial charge is 0.478 e. The molecule has 3 nitrogen and oxygen atoms in total. The smallest absolute Gasteiger partial charge is 0.335 e. The number of carboxylic acids is 1. The summed E-state index contributed by atoms with van der Waals surface area (Å²) in [7, 11) is 1.84.